The van der Waals surface area contributed by atoms with Gasteiger partial charge in [0.2, 0.25) is 10.0 Å². The highest BCUT2D eigenvalue weighted by molar-refractivity contribution is 7.89. The number of aromatic nitrogens is 1. The van der Waals surface area contributed by atoms with Crippen molar-refractivity contribution in [2.75, 3.05) is 13.1 Å². The van der Waals surface area contributed by atoms with Crippen molar-refractivity contribution in [1.82, 2.24) is 14.8 Å². The first-order valence-electron chi connectivity index (χ1n) is 8.17. The van der Waals surface area contributed by atoms with E-state index in [9.17, 15) is 8.42 Å². The summed E-state index contributed by atoms with van der Waals surface area (Å²) in [5.41, 5.74) is 2.07. The van der Waals surface area contributed by atoms with E-state index in [1.165, 1.54) is 0 Å². The molecular formula is C17H23N3O3S. The molecule has 1 aromatic carbocycles. The topological polar surface area (TPSA) is 75.4 Å². The Kier molecular flexibility index (Phi) is 5.03. The fraction of sp³-hybridized carbons (Fsp3) is 0.471. The molecular weight excluding hydrogens is 326 g/mol. The van der Waals surface area contributed by atoms with Gasteiger partial charge in [-0.05, 0) is 38.8 Å². The quantitative estimate of drug-likeness (QED) is 0.896. The van der Waals surface area contributed by atoms with Gasteiger partial charge in [-0.3, -0.25) is 4.90 Å². The summed E-state index contributed by atoms with van der Waals surface area (Å²) in [6.45, 7) is 6.39. The van der Waals surface area contributed by atoms with E-state index in [4.69, 9.17) is 4.52 Å². The van der Waals surface area contributed by atoms with Gasteiger partial charge in [-0.15, -0.1) is 0 Å². The normalized spacial score (nSPS) is 17.2. The standard InChI is InChI=1S/C17H23N3O3S/c1-13-17(14(2)23-18-13)12-20-10-8-15(9-11-20)19-24(21,22)16-6-4-3-5-7-16/h3-7,15,19H,8-12H2,1-2H3. The van der Waals surface area contributed by atoms with Crippen LogP contribution in [-0.2, 0) is 16.6 Å². The van der Waals surface area contributed by atoms with Crippen LogP contribution >= 0.6 is 0 Å². The van der Waals surface area contributed by atoms with E-state index in [2.05, 4.69) is 14.8 Å². The second kappa shape index (κ2) is 7.04. The fourth-order valence-corrected chi connectivity index (χ4v) is 4.37. The van der Waals surface area contributed by atoms with E-state index < -0.39 is 10.0 Å². The van der Waals surface area contributed by atoms with Crippen LogP contribution in [0.5, 0.6) is 0 Å². The lowest BCUT2D eigenvalue weighted by atomic mass is 10.1. The lowest BCUT2D eigenvalue weighted by Gasteiger charge is -2.32. The zero-order chi connectivity index (χ0) is 17.2. The van der Waals surface area contributed by atoms with E-state index in [0.29, 0.717) is 4.90 Å². The number of hydrogen-bond donors (Lipinski definition) is 1. The summed E-state index contributed by atoms with van der Waals surface area (Å²) in [7, 11) is -3.43. The minimum atomic E-state index is -3.43. The molecule has 1 aliphatic rings. The average Bonchev–Trinajstić information content (AvgIpc) is 2.89. The third-order valence-electron chi connectivity index (χ3n) is 4.53. The van der Waals surface area contributed by atoms with Crippen molar-refractivity contribution in [2.24, 2.45) is 0 Å². The summed E-state index contributed by atoms with van der Waals surface area (Å²) in [4.78, 5) is 2.64. The zero-order valence-electron chi connectivity index (χ0n) is 14.0. The first-order chi connectivity index (χ1) is 11.5. The number of nitrogens with zero attached hydrogens (tertiary/aromatic N) is 2. The Bertz CT molecular complexity index is 759. The third-order valence-corrected chi connectivity index (χ3v) is 6.06. The van der Waals surface area contributed by atoms with Crippen molar-refractivity contribution in [2.45, 2.75) is 44.2 Å². The van der Waals surface area contributed by atoms with Gasteiger partial charge >= 0.3 is 0 Å². The Morgan fingerprint density at radius 1 is 1.21 bits per heavy atom. The van der Waals surface area contributed by atoms with Crippen LogP contribution in [0.4, 0.5) is 0 Å². The number of benzene rings is 1. The van der Waals surface area contributed by atoms with Crippen LogP contribution in [0, 0.1) is 13.8 Å². The molecule has 0 aliphatic carbocycles. The first-order valence-corrected chi connectivity index (χ1v) is 9.65. The highest BCUT2D eigenvalue weighted by atomic mass is 32.2. The molecule has 6 nitrogen and oxygen atoms in total. The lowest BCUT2D eigenvalue weighted by molar-refractivity contribution is 0.198. The monoisotopic (exact) mass is 349 g/mol. The lowest BCUT2D eigenvalue weighted by Crippen LogP contribution is -2.44. The number of likely N-dealkylation sites (tertiary alicyclic amines) is 1. The molecule has 0 bridgehead atoms. The third kappa shape index (κ3) is 3.85. The number of sulfonamides is 1. The van der Waals surface area contributed by atoms with Crippen molar-refractivity contribution in [1.29, 1.82) is 0 Å². The van der Waals surface area contributed by atoms with Crippen LogP contribution < -0.4 is 4.72 Å². The number of piperidine rings is 1. The van der Waals surface area contributed by atoms with E-state index in [-0.39, 0.29) is 6.04 Å². The van der Waals surface area contributed by atoms with Gasteiger partial charge in [-0.2, -0.15) is 0 Å². The Hall–Kier alpha value is -1.70. The smallest absolute Gasteiger partial charge is 0.240 e. The molecule has 1 N–H and O–H groups in total. The van der Waals surface area contributed by atoms with Gasteiger partial charge in [0, 0.05) is 31.2 Å². The number of nitrogens with one attached hydrogen (secondary N) is 1. The van der Waals surface area contributed by atoms with Crippen molar-refractivity contribution < 1.29 is 12.9 Å². The van der Waals surface area contributed by atoms with Crippen LogP contribution in [0.25, 0.3) is 0 Å². The molecule has 1 saturated heterocycles. The van der Waals surface area contributed by atoms with Crippen molar-refractivity contribution in [3.05, 3.63) is 47.3 Å². The molecule has 24 heavy (non-hydrogen) atoms. The second-order valence-electron chi connectivity index (χ2n) is 6.29. The maximum atomic E-state index is 12.4. The highest BCUT2D eigenvalue weighted by Crippen LogP contribution is 2.19. The van der Waals surface area contributed by atoms with Gasteiger partial charge < -0.3 is 4.52 Å². The average molecular weight is 349 g/mol. The predicted molar refractivity (Wildman–Crippen MR) is 91.0 cm³/mol. The Morgan fingerprint density at radius 2 is 1.88 bits per heavy atom. The molecule has 130 valence electrons. The van der Waals surface area contributed by atoms with Gasteiger partial charge in [0.05, 0.1) is 10.6 Å². The largest absolute Gasteiger partial charge is 0.361 e. The molecule has 0 radical (unpaired) electrons. The minimum Gasteiger partial charge on any atom is -0.361 e. The summed E-state index contributed by atoms with van der Waals surface area (Å²) >= 11 is 0. The Balaban J connectivity index is 1.56. The van der Waals surface area contributed by atoms with E-state index in [1.54, 1.807) is 24.3 Å². The molecule has 0 unspecified atom stereocenters. The summed E-state index contributed by atoms with van der Waals surface area (Å²) in [6, 6.07) is 8.51. The van der Waals surface area contributed by atoms with Crippen LogP contribution in [0.3, 0.4) is 0 Å². The number of aryl methyl sites for hydroxylation is 2. The zero-order valence-corrected chi connectivity index (χ0v) is 14.8. The molecule has 7 heteroatoms. The Labute approximate surface area is 142 Å². The van der Waals surface area contributed by atoms with E-state index in [1.807, 2.05) is 19.9 Å². The minimum absolute atomic E-state index is 0.0175. The highest BCUT2D eigenvalue weighted by Gasteiger charge is 2.25. The van der Waals surface area contributed by atoms with Crippen LogP contribution in [0.15, 0.2) is 39.8 Å². The maximum absolute atomic E-state index is 12.4. The van der Waals surface area contributed by atoms with E-state index >= 15 is 0 Å². The molecule has 1 fully saturated rings. The second-order valence-corrected chi connectivity index (χ2v) is 8.00. The molecule has 0 saturated carbocycles. The van der Waals surface area contributed by atoms with Crippen LogP contribution in [0.2, 0.25) is 0 Å². The fourth-order valence-electron chi connectivity index (χ4n) is 3.05. The summed E-state index contributed by atoms with van der Waals surface area (Å²) in [6.07, 6.45) is 1.60. The van der Waals surface area contributed by atoms with Crippen LogP contribution in [0.1, 0.15) is 29.9 Å². The molecule has 1 aromatic heterocycles. The Morgan fingerprint density at radius 3 is 2.46 bits per heavy atom. The molecule has 0 atom stereocenters. The van der Waals surface area contributed by atoms with Gasteiger partial charge in [0.15, 0.2) is 0 Å². The van der Waals surface area contributed by atoms with Crippen LogP contribution in [-0.4, -0.2) is 37.6 Å². The van der Waals surface area contributed by atoms with Crippen molar-refractivity contribution >= 4 is 10.0 Å². The van der Waals surface area contributed by atoms with Gasteiger partial charge in [-0.1, -0.05) is 23.4 Å². The molecule has 1 aliphatic heterocycles. The summed E-state index contributed by atoms with van der Waals surface area (Å²) in [5.74, 6) is 0.861. The molecule has 2 heterocycles. The van der Waals surface area contributed by atoms with Gasteiger partial charge in [-0.25, -0.2) is 13.1 Å². The first kappa shape index (κ1) is 17.1. The van der Waals surface area contributed by atoms with Crippen molar-refractivity contribution in [3.63, 3.8) is 0 Å². The molecule has 0 amide bonds. The van der Waals surface area contributed by atoms with Crippen molar-refractivity contribution in [3.8, 4) is 0 Å². The molecule has 2 aromatic rings. The number of rotatable bonds is 5. The van der Waals surface area contributed by atoms with Gasteiger partial charge in [0.1, 0.15) is 5.76 Å². The summed E-state index contributed by atoms with van der Waals surface area (Å²) in [5, 5.41) is 3.99. The maximum Gasteiger partial charge on any atom is 0.240 e. The predicted octanol–water partition coefficient (Wildman–Crippen LogP) is 2.23. The molecule has 0 spiro atoms. The van der Waals surface area contributed by atoms with E-state index in [0.717, 1.165) is 49.5 Å². The van der Waals surface area contributed by atoms with Gasteiger partial charge in [0.25, 0.3) is 0 Å². The molecule has 3 rings (SSSR count). The number of hydrogen-bond acceptors (Lipinski definition) is 5. The summed E-state index contributed by atoms with van der Waals surface area (Å²) < 4.78 is 32.8. The SMILES string of the molecule is Cc1noc(C)c1CN1CCC(NS(=O)(=O)c2ccccc2)CC1.